The first-order valence-corrected chi connectivity index (χ1v) is 8.15. The van der Waals surface area contributed by atoms with Crippen LogP contribution in [0.5, 0.6) is 0 Å². The number of amides is 1. The molecule has 1 aromatic carbocycles. The lowest BCUT2D eigenvalue weighted by Gasteiger charge is -2.24. The van der Waals surface area contributed by atoms with E-state index in [-0.39, 0.29) is 18.1 Å². The van der Waals surface area contributed by atoms with E-state index >= 15 is 0 Å². The minimum Gasteiger partial charge on any atom is -0.392 e. The highest BCUT2D eigenvalue weighted by molar-refractivity contribution is 5.93. The Balaban J connectivity index is 1.55. The molecule has 2 atom stereocenters. The van der Waals surface area contributed by atoms with Crippen molar-refractivity contribution in [2.24, 2.45) is 0 Å². The molecule has 1 aliphatic carbocycles. The van der Waals surface area contributed by atoms with Crippen LogP contribution < -0.4 is 5.32 Å². The number of carbonyl (C=O) groups excluding carboxylic acids is 1. The number of rotatable bonds is 5. The van der Waals surface area contributed by atoms with E-state index < -0.39 is 0 Å². The number of likely N-dealkylation sites (tertiary alicyclic amines) is 1. The maximum atomic E-state index is 12.1. The molecular weight excluding hydrogens is 276 g/mol. The van der Waals surface area contributed by atoms with Crippen LogP contribution >= 0.6 is 0 Å². The van der Waals surface area contributed by atoms with Crippen molar-refractivity contribution in [3.8, 4) is 0 Å². The van der Waals surface area contributed by atoms with Crippen LogP contribution in [0.25, 0.3) is 0 Å². The molecule has 2 N–H and O–H groups in total. The summed E-state index contributed by atoms with van der Waals surface area (Å²) in [5.74, 6) is 0.0681. The second kappa shape index (κ2) is 7.07. The van der Waals surface area contributed by atoms with E-state index in [4.69, 9.17) is 0 Å². The van der Waals surface area contributed by atoms with E-state index in [1.165, 1.54) is 5.56 Å². The minimum absolute atomic E-state index is 0.0681. The maximum absolute atomic E-state index is 12.1. The number of hydrogen-bond donors (Lipinski definition) is 2. The number of hydrogen-bond acceptors (Lipinski definition) is 3. The van der Waals surface area contributed by atoms with Crippen molar-refractivity contribution in [1.29, 1.82) is 0 Å². The summed E-state index contributed by atoms with van der Waals surface area (Å²) in [6, 6.07) is 10.5. The normalized spacial score (nSPS) is 25.2. The number of nitrogens with one attached hydrogen (secondary N) is 1. The van der Waals surface area contributed by atoms with Gasteiger partial charge >= 0.3 is 0 Å². The van der Waals surface area contributed by atoms with Gasteiger partial charge in [-0.3, -0.25) is 9.69 Å². The third-order valence-corrected chi connectivity index (χ3v) is 4.57. The third-order valence-electron chi connectivity index (χ3n) is 4.57. The number of aliphatic hydroxyl groups excluding tert-OH is 1. The molecule has 1 aromatic rings. The van der Waals surface area contributed by atoms with Gasteiger partial charge in [0.1, 0.15) is 0 Å². The molecule has 1 heterocycles. The fourth-order valence-electron chi connectivity index (χ4n) is 3.38. The van der Waals surface area contributed by atoms with Crippen LogP contribution in [-0.2, 0) is 11.3 Å². The third kappa shape index (κ3) is 3.76. The van der Waals surface area contributed by atoms with E-state index in [1.807, 2.05) is 24.3 Å². The second-order valence-corrected chi connectivity index (χ2v) is 6.29. The second-order valence-electron chi connectivity index (χ2n) is 6.29. The summed E-state index contributed by atoms with van der Waals surface area (Å²) in [6.07, 6.45) is 5.48. The lowest BCUT2D eigenvalue weighted by molar-refractivity contribution is -0.117. The molecule has 118 valence electrons. The summed E-state index contributed by atoms with van der Waals surface area (Å²) >= 11 is 0. The average Bonchev–Trinajstić information content (AvgIpc) is 3.16. The van der Waals surface area contributed by atoms with Gasteiger partial charge in [0, 0.05) is 31.2 Å². The van der Waals surface area contributed by atoms with Gasteiger partial charge in [0.15, 0.2) is 0 Å². The van der Waals surface area contributed by atoms with Crippen molar-refractivity contribution in [3.63, 3.8) is 0 Å². The Morgan fingerprint density at radius 1 is 1.32 bits per heavy atom. The molecule has 2 aliphatic rings. The zero-order chi connectivity index (χ0) is 15.4. The summed E-state index contributed by atoms with van der Waals surface area (Å²) in [4.78, 5) is 14.4. The minimum atomic E-state index is -0.295. The van der Waals surface area contributed by atoms with Crippen LogP contribution in [0.15, 0.2) is 42.0 Å². The highest BCUT2D eigenvalue weighted by atomic mass is 16.3. The van der Waals surface area contributed by atoms with Crippen LogP contribution in [0, 0.1) is 0 Å². The van der Waals surface area contributed by atoms with Crippen molar-refractivity contribution < 1.29 is 9.90 Å². The molecule has 1 amide bonds. The molecule has 3 rings (SSSR count). The van der Waals surface area contributed by atoms with Crippen molar-refractivity contribution >= 4 is 5.91 Å². The lowest BCUT2D eigenvalue weighted by Crippen LogP contribution is -2.40. The molecule has 1 fully saturated rings. The largest absolute Gasteiger partial charge is 0.392 e. The summed E-state index contributed by atoms with van der Waals surface area (Å²) < 4.78 is 0. The summed E-state index contributed by atoms with van der Waals surface area (Å²) in [7, 11) is 0. The molecule has 4 heteroatoms. The van der Waals surface area contributed by atoms with E-state index in [0.717, 1.165) is 37.8 Å². The molecule has 0 radical (unpaired) electrons. The predicted octanol–water partition coefficient (Wildman–Crippen LogP) is 1.85. The van der Waals surface area contributed by atoms with Crippen molar-refractivity contribution in [2.75, 3.05) is 13.1 Å². The summed E-state index contributed by atoms with van der Waals surface area (Å²) in [5.41, 5.74) is 2.17. The molecule has 0 bridgehead atoms. The Morgan fingerprint density at radius 2 is 2.14 bits per heavy atom. The quantitative estimate of drug-likeness (QED) is 0.872. The Bertz CT molecular complexity index is 541. The Hall–Kier alpha value is -1.65. The smallest absolute Gasteiger partial charge is 0.246 e. The standard InChI is InChI=1S/C18H24N2O2/c21-17-10-16(11-19-18(22)15-8-4-5-9-15)20(13-17)12-14-6-2-1-3-7-14/h1-3,6-8,16-17,21H,4-5,9-13H2,(H,19,22). The van der Waals surface area contributed by atoms with Crippen LogP contribution in [0.4, 0.5) is 0 Å². The summed E-state index contributed by atoms with van der Waals surface area (Å²) in [5, 5.41) is 13.0. The monoisotopic (exact) mass is 300 g/mol. The van der Waals surface area contributed by atoms with Gasteiger partial charge in [-0.25, -0.2) is 0 Å². The number of β-amino-alcohol motifs (C(OH)–C–C–N with tert-alkyl or cyclic N) is 1. The fraction of sp³-hybridized carbons (Fsp3) is 0.500. The first-order chi connectivity index (χ1) is 10.7. The van der Waals surface area contributed by atoms with Gasteiger partial charge in [0.05, 0.1) is 6.10 Å². The first-order valence-electron chi connectivity index (χ1n) is 8.15. The summed E-state index contributed by atoms with van der Waals surface area (Å²) in [6.45, 7) is 2.11. The van der Waals surface area contributed by atoms with Gasteiger partial charge in [0.25, 0.3) is 0 Å². The van der Waals surface area contributed by atoms with Crippen LogP contribution in [0.1, 0.15) is 31.2 Å². The lowest BCUT2D eigenvalue weighted by atomic mass is 10.1. The maximum Gasteiger partial charge on any atom is 0.246 e. The van der Waals surface area contributed by atoms with Gasteiger partial charge < -0.3 is 10.4 Å². The van der Waals surface area contributed by atoms with E-state index in [2.05, 4.69) is 22.3 Å². The Labute approximate surface area is 131 Å². The molecule has 0 saturated carbocycles. The first kappa shape index (κ1) is 15.3. The SMILES string of the molecule is O=C(NCC1CC(O)CN1Cc1ccccc1)C1=CCCC1. The molecule has 22 heavy (non-hydrogen) atoms. The van der Waals surface area contributed by atoms with Gasteiger partial charge in [-0.1, -0.05) is 36.4 Å². The number of aliphatic hydroxyl groups is 1. The zero-order valence-electron chi connectivity index (χ0n) is 12.9. The van der Waals surface area contributed by atoms with Crippen molar-refractivity contribution in [2.45, 2.75) is 44.4 Å². The topological polar surface area (TPSA) is 52.6 Å². The van der Waals surface area contributed by atoms with Crippen LogP contribution in [0.2, 0.25) is 0 Å². The molecule has 1 aliphatic heterocycles. The van der Waals surface area contributed by atoms with Crippen LogP contribution in [0.3, 0.4) is 0 Å². The van der Waals surface area contributed by atoms with Gasteiger partial charge in [-0.05, 0) is 31.2 Å². The zero-order valence-corrected chi connectivity index (χ0v) is 12.9. The highest BCUT2D eigenvalue weighted by Gasteiger charge is 2.31. The molecule has 4 nitrogen and oxygen atoms in total. The van der Waals surface area contributed by atoms with E-state index in [0.29, 0.717) is 13.1 Å². The predicted molar refractivity (Wildman–Crippen MR) is 86.2 cm³/mol. The molecule has 0 aromatic heterocycles. The van der Waals surface area contributed by atoms with Crippen LogP contribution in [-0.4, -0.2) is 41.1 Å². The Morgan fingerprint density at radius 3 is 2.86 bits per heavy atom. The molecular formula is C18H24N2O2. The van der Waals surface area contributed by atoms with E-state index in [1.54, 1.807) is 0 Å². The average molecular weight is 300 g/mol. The van der Waals surface area contributed by atoms with Gasteiger partial charge in [-0.2, -0.15) is 0 Å². The number of carbonyl (C=O) groups is 1. The van der Waals surface area contributed by atoms with Crippen molar-refractivity contribution in [1.82, 2.24) is 10.2 Å². The fourth-order valence-corrected chi connectivity index (χ4v) is 3.38. The molecule has 2 unspecified atom stereocenters. The molecule has 1 saturated heterocycles. The number of benzene rings is 1. The number of nitrogens with zero attached hydrogens (tertiary/aromatic N) is 1. The van der Waals surface area contributed by atoms with E-state index in [9.17, 15) is 9.90 Å². The van der Waals surface area contributed by atoms with Crippen molar-refractivity contribution in [3.05, 3.63) is 47.5 Å². The highest BCUT2D eigenvalue weighted by Crippen LogP contribution is 2.21. The van der Waals surface area contributed by atoms with Gasteiger partial charge in [0.2, 0.25) is 5.91 Å². The molecule has 0 spiro atoms. The number of allylic oxidation sites excluding steroid dienone is 1. The van der Waals surface area contributed by atoms with Gasteiger partial charge in [-0.15, -0.1) is 0 Å². The Kier molecular flexibility index (Phi) is 4.90.